The van der Waals surface area contributed by atoms with Gasteiger partial charge in [0.15, 0.2) is 0 Å². The summed E-state index contributed by atoms with van der Waals surface area (Å²) >= 11 is 0. The van der Waals surface area contributed by atoms with Gasteiger partial charge in [-0.1, -0.05) is 48.5 Å². The van der Waals surface area contributed by atoms with Gasteiger partial charge < -0.3 is 10.4 Å². The summed E-state index contributed by atoms with van der Waals surface area (Å²) in [5.41, 5.74) is 8.86. The molecule has 0 unspecified atom stereocenters. The summed E-state index contributed by atoms with van der Waals surface area (Å²) in [6.07, 6.45) is 0.875. The van der Waals surface area contributed by atoms with Crippen molar-refractivity contribution in [1.29, 1.82) is 0 Å². The van der Waals surface area contributed by atoms with Gasteiger partial charge in [0.25, 0.3) is 0 Å². The SMILES string of the molecule is ONCc1ccc(Cc2ccc(CNO)cc2)cc1. The molecule has 0 fully saturated rings. The van der Waals surface area contributed by atoms with Crippen molar-refractivity contribution in [2.75, 3.05) is 0 Å². The van der Waals surface area contributed by atoms with E-state index in [9.17, 15) is 0 Å². The van der Waals surface area contributed by atoms with Crippen molar-refractivity contribution in [3.8, 4) is 0 Å². The van der Waals surface area contributed by atoms with Gasteiger partial charge in [-0.15, -0.1) is 0 Å². The summed E-state index contributed by atoms with van der Waals surface area (Å²) in [6.45, 7) is 0.923. The van der Waals surface area contributed by atoms with Gasteiger partial charge in [-0.25, -0.2) is 11.0 Å². The van der Waals surface area contributed by atoms with Crippen LogP contribution in [0.4, 0.5) is 0 Å². The van der Waals surface area contributed by atoms with Crippen LogP contribution in [0.5, 0.6) is 0 Å². The Morgan fingerprint density at radius 3 is 1.21 bits per heavy atom. The maximum absolute atomic E-state index is 8.62. The second-order valence-electron chi connectivity index (χ2n) is 4.48. The Morgan fingerprint density at radius 2 is 0.895 bits per heavy atom. The Bertz CT molecular complexity index is 447. The average molecular weight is 258 g/mol. The molecule has 0 saturated carbocycles. The maximum atomic E-state index is 8.62. The molecule has 4 heteroatoms. The summed E-state index contributed by atoms with van der Waals surface area (Å²) < 4.78 is 0. The number of hydroxylamine groups is 2. The Hall–Kier alpha value is -1.72. The van der Waals surface area contributed by atoms with E-state index in [0.29, 0.717) is 13.1 Å². The maximum Gasteiger partial charge on any atom is 0.0458 e. The van der Waals surface area contributed by atoms with E-state index < -0.39 is 0 Å². The highest BCUT2D eigenvalue weighted by molar-refractivity contribution is 5.30. The summed E-state index contributed by atoms with van der Waals surface area (Å²) in [4.78, 5) is 0. The van der Waals surface area contributed by atoms with E-state index in [4.69, 9.17) is 10.4 Å². The van der Waals surface area contributed by atoms with Crippen LogP contribution < -0.4 is 11.0 Å². The fourth-order valence-electron chi connectivity index (χ4n) is 1.97. The van der Waals surface area contributed by atoms with Crippen LogP contribution in [-0.4, -0.2) is 10.4 Å². The average Bonchev–Trinajstić information content (AvgIpc) is 2.44. The van der Waals surface area contributed by atoms with Crippen molar-refractivity contribution in [2.45, 2.75) is 19.5 Å². The van der Waals surface area contributed by atoms with Crippen LogP contribution >= 0.6 is 0 Å². The molecular formula is C15H18N2O2. The van der Waals surface area contributed by atoms with Crippen LogP contribution in [0.15, 0.2) is 48.5 Å². The fraction of sp³-hybridized carbons (Fsp3) is 0.200. The van der Waals surface area contributed by atoms with Gasteiger partial charge in [-0.2, -0.15) is 0 Å². The fourth-order valence-corrected chi connectivity index (χ4v) is 1.97. The molecule has 4 nitrogen and oxygen atoms in total. The molecule has 0 radical (unpaired) electrons. The zero-order valence-electron chi connectivity index (χ0n) is 10.6. The highest BCUT2D eigenvalue weighted by Gasteiger charge is 1.98. The summed E-state index contributed by atoms with van der Waals surface area (Å²) in [6, 6.07) is 16.3. The third kappa shape index (κ3) is 4.15. The predicted octanol–water partition coefficient (Wildman–Crippen LogP) is 2.24. The third-order valence-corrected chi connectivity index (χ3v) is 3.02. The van der Waals surface area contributed by atoms with Gasteiger partial charge in [0, 0.05) is 13.1 Å². The topological polar surface area (TPSA) is 64.5 Å². The first-order valence-corrected chi connectivity index (χ1v) is 6.21. The molecule has 0 aliphatic heterocycles. The van der Waals surface area contributed by atoms with Crippen molar-refractivity contribution in [3.05, 3.63) is 70.8 Å². The van der Waals surface area contributed by atoms with Crippen LogP contribution in [0.2, 0.25) is 0 Å². The van der Waals surface area contributed by atoms with Crippen molar-refractivity contribution < 1.29 is 10.4 Å². The molecule has 2 rings (SSSR count). The van der Waals surface area contributed by atoms with E-state index in [0.717, 1.165) is 17.5 Å². The molecule has 0 spiro atoms. The van der Waals surface area contributed by atoms with Crippen LogP contribution in [0.3, 0.4) is 0 Å². The molecule has 0 saturated heterocycles. The van der Waals surface area contributed by atoms with Gasteiger partial charge >= 0.3 is 0 Å². The lowest BCUT2D eigenvalue weighted by atomic mass is 10.0. The quantitative estimate of drug-likeness (QED) is 0.600. The molecule has 0 amide bonds. The molecule has 0 atom stereocenters. The second-order valence-corrected chi connectivity index (χ2v) is 4.48. The molecule has 0 aliphatic carbocycles. The Labute approximate surface area is 112 Å². The van der Waals surface area contributed by atoms with E-state index in [1.165, 1.54) is 11.1 Å². The van der Waals surface area contributed by atoms with E-state index >= 15 is 0 Å². The number of hydrogen-bond acceptors (Lipinski definition) is 4. The van der Waals surface area contributed by atoms with E-state index in [-0.39, 0.29) is 0 Å². The Balaban J connectivity index is 1.99. The van der Waals surface area contributed by atoms with Gasteiger partial charge in [-0.3, -0.25) is 0 Å². The number of hydrogen-bond donors (Lipinski definition) is 4. The molecule has 0 bridgehead atoms. The monoisotopic (exact) mass is 258 g/mol. The Kier molecular flexibility index (Phi) is 5.06. The van der Waals surface area contributed by atoms with Gasteiger partial charge in [0.2, 0.25) is 0 Å². The molecular weight excluding hydrogens is 240 g/mol. The molecule has 100 valence electrons. The molecule has 0 aliphatic rings. The van der Waals surface area contributed by atoms with Crippen molar-refractivity contribution in [1.82, 2.24) is 11.0 Å². The van der Waals surface area contributed by atoms with E-state index in [1.54, 1.807) is 0 Å². The lowest BCUT2D eigenvalue weighted by Gasteiger charge is -2.05. The zero-order valence-corrected chi connectivity index (χ0v) is 10.6. The third-order valence-electron chi connectivity index (χ3n) is 3.02. The van der Waals surface area contributed by atoms with Crippen molar-refractivity contribution in [3.63, 3.8) is 0 Å². The van der Waals surface area contributed by atoms with Crippen LogP contribution in [0.25, 0.3) is 0 Å². The second kappa shape index (κ2) is 7.01. The number of benzene rings is 2. The Morgan fingerprint density at radius 1 is 0.579 bits per heavy atom. The van der Waals surface area contributed by atoms with Crippen LogP contribution in [-0.2, 0) is 19.5 Å². The molecule has 4 N–H and O–H groups in total. The normalized spacial score (nSPS) is 10.6. The lowest BCUT2D eigenvalue weighted by molar-refractivity contribution is 0.161. The standard InChI is InChI=1S/C15H18N2O2/c18-16-10-14-5-1-12(2-6-14)9-13-3-7-15(8-4-13)11-17-19/h1-8,16-19H,9-11H2. The van der Waals surface area contributed by atoms with Crippen molar-refractivity contribution in [2.24, 2.45) is 0 Å². The van der Waals surface area contributed by atoms with Gasteiger partial charge in [-0.05, 0) is 28.7 Å². The predicted molar refractivity (Wildman–Crippen MR) is 72.9 cm³/mol. The number of rotatable bonds is 6. The van der Waals surface area contributed by atoms with E-state index in [2.05, 4.69) is 35.2 Å². The zero-order chi connectivity index (χ0) is 13.5. The largest absolute Gasteiger partial charge is 0.316 e. The smallest absolute Gasteiger partial charge is 0.0458 e. The molecule has 2 aromatic rings. The molecule has 0 aromatic heterocycles. The minimum atomic E-state index is 0.461. The number of nitrogens with one attached hydrogen (secondary N) is 2. The molecule has 19 heavy (non-hydrogen) atoms. The highest BCUT2D eigenvalue weighted by Crippen LogP contribution is 2.12. The summed E-state index contributed by atoms with van der Waals surface area (Å²) in [5.74, 6) is 0. The lowest BCUT2D eigenvalue weighted by Crippen LogP contribution is -2.06. The van der Waals surface area contributed by atoms with Gasteiger partial charge in [0.05, 0.1) is 0 Å². The van der Waals surface area contributed by atoms with E-state index in [1.807, 2.05) is 24.3 Å². The molecule has 2 aromatic carbocycles. The molecule has 0 heterocycles. The first-order chi connectivity index (χ1) is 9.31. The van der Waals surface area contributed by atoms with Gasteiger partial charge in [0.1, 0.15) is 0 Å². The van der Waals surface area contributed by atoms with Crippen LogP contribution in [0, 0.1) is 0 Å². The minimum Gasteiger partial charge on any atom is -0.316 e. The van der Waals surface area contributed by atoms with Crippen molar-refractivity contribution >= 4 is 0 Å². The first kappa shape index (κ1) is 13.7. The summed E-state index contributed by atoms with van der Waals surface area (Å²) in [7, 11) is 0. The highest BCUT2D eigenvalue weighted by atomic mass is 16.5. The summed E-state index contributed by atoms with van der Waals surface area (Å²) in [5, 5.41) is 17.2. The minimum absolute atomic E-state index is 0.461. The first-order valence-electron chi connectivity index (χ1n) is 6.21. The van der Waals surface area contributed by atoms with Crippen LogP contribution in [0.1, 0.15) is 22.3 Å².